The first-order chi connectivity index (χ1) is 6.75. The summed E-state index contributed by atoms with van der Waals surface area (Å²) < 4.78 is 5.23. The van der Waals surface area contributed by atoms with Gasteiger partial charge in [-0.2, -0.15) is 0 Å². The Morgan fingerprint density at radius 2 is 2.29 bits per heavy atom. The number of morpholine rings is 1. The molecule has 4 heteroatoms. The van der Waals surface area contributed by atoms with Crippen LogP contribution in [-0.2, 0) is 9.53 Å². The second-order valence-electron chi connectivity index (χ2n) is 4.36. The lowest BCUT2D eigenvalue weighted by Crippen LogP contribution is -2.55. The third-order valence-corrected chi connectivity index (χ3v) is 2.96. The number of hydrogen-bond acceptors (Lipinski definition) is 3. The lowest BCUT2D eigenvalue weighted by Gasteiger charge is -2.35. The minimum atomic E-state index is -0.139. The van der Waals surface area contributed by atoms with E-state index < -0.39 is 0 Å². The van der Waals surface area contributed by atoms with Crippen molar-refractivity contribution in [2.45, 2.75) is 31.8 Å². The second-order valence-corrected chi connectivity index (χ2v) is 4.36. The fraction of sp³-hybridized carbons (Fsp3) is 0.900. The largest absolute Gasteiger partial charge is 0.378 e. The number of carbonyl (C=O) groups is 1. The highest BCUT2D eigenvalue weighted by molar-refractivity contribution is 5.82. The zero-order chi connectivity index (χ0) is 9.97. The molecule has 14 heavy (non-hydrogen) atoms. The molecular formula is C10H18N2O2. The number of amides is 1. The number of hydrogen-bond donors (Lipinski definition) is 2. The lowest BCUT2D eigenvalue weighted by atomic mass is 9.82. The Hall–Kier alpha value is -0.610. The summed E-state index contributed by atoms with van der Waals surface area (Å²) in [6.45, 7) is 4.21. The van der Waals surface area contributed by atoms with Gasteiger partial charge < -0.3 is 15.4 Å². The van der Waals surface area contributed by atoms with Gasteiger partial charge in [0, 0.05) is 12.6 Å². The van der Waals surface area contributed by atoms with Crippen LogP contribution >= 0.6 is 0 Å². The highest BCUT2D eigenvalue weighted by Crippen LogP contribution is 2.26. The van der Waals surface area contributed by atoms with Gasteiger partial charge in [-0.25, -0.2) is 0 Å². The maximum atomic E-state index is 11.7. The van der Waals surface area contributed by atoms with Crippen LogP contribution in [0.1, 0.15) is 19.8 Å². The average Bonchev–Trinajstić information content (AvgIpc) is 2.17. The van der Waals surface area contributed by atoms with E-state index in [4.69, 9.17) is 4.74 Å². The topological polar surface area (TPSA) is 50.4 Å². The van der Waals surface area contributed by atoms with E-state index in [9.17, 15) is 4.79 Å². The third kappa shape index (κ3) is 2.25. The van der Waals surface area contributed by atoms with E-state index in [2.05, 4.69) is 17.6 Å². The van der Waals surface area contributed by atoms with Gasteiger partial charge in [-0.3, -0.25) is 4.79 Å². The van der Waals surface area contributed by atoms with Crippen molar-refractivity contribution in [3.8, 4) is 0 Å². The summed E-state index contributed by atoms with van der Waals surface area (Å²) in [4.78, 5) is 11.7. The number of carbonyl (C=O) groups excluding carboxylic acids is 1. The molecule has 0 radical (unpaired) electrons. The highest BCUT2D eigenvalue weighted by Gasteiger charge is 2.29. The van der Waals surface area contributed by atoms with Crippen molar-refractivity contribution in [1.29, 1.82) is 0 Å². The molecule has 1 amide bonds. The fourth-order valence-electron chi connectivity index (χ4n) is 2.06. The summed E-state index contributed by atoms with van der Waals surface area (Å²) in [7, 11) is 0. The molecule has 0 unspecified atom stereocenters. The van der Waals surface area contributed by atoms with Crippen LogP contribution < -0.4 is 10.6 Å². The molecule has 2 fully saturated rings. The molecule has 0 aromatic carbocycles. The van der Waals surface area contributed by atoms with Gasteiger partial charge in [-0.1, -0.05) is 6.92 Å². The first kappa shape index (κ1) is 9.93. The Morgan fingerprint density at radius 3 is 2.86 bits per heavy atom. The van der Waals surface area contributed by atoms with Crippen molar-refractivity contribution in [2.24, 2.45) is 5.92 Å². The lowest BCUT2D eigenvalue weighted by molar-refractivity contribution is -0.127. The molecule has 0 bridgehead atoms. The summed E-state index contributed by atoms with van der Waals surface area (Å²) >= 11 is 0. The van der Waals surface area contributed by atoms with Crippen LogP contribution in [0.4, 0.5) is 0 Å². The average molecular weight is 198 g/mol. The molecule has 80 valence electrons. The Kier molecular flexibility index (Phi) is 3.03. The van der Waals surface area contributed by atoms with Crippen molar-refractivity contribution in [2.75, 3.05) is 19.8 Å². The van der Waals surface area contributed by atoms with Crippen LogP contribution in [0, 0.1) is 5.92 Å². The molecule has 2 rings (SSSR count). The van der Waals surface area contributed by atoms with E-state index in [1.165, 1.54) is 0 Å². The van der Waals surface area contributed by atoms with E-state index in [0.29, 0.717) is 19.3 Å². The van der Waals surface area contributed by atoms with Gasteiger partial charge in [0.1, 0.15) is 6.04 Å². The quantitative estimate of drug-likeness (QED) is 0.651. The van der Waals surface area contributed by atoms with Gasteiger partial charge in [-0.15, -0.1) is 0 Å². The first-order valence-corrected chi connectivity index (χ1v) is 5.37. The number of nitrogens with one attached hydrogen (secondary N) is 2. The van der Waals surface area contributed by atoms with Crippen LogP contribution in [0.2, 0.25) is 0 Å². The Balaban J connectivity index is 1.71. The van der Waals surface area contributed by atoms with Gasteiger partial charge in [0.2, 0.25) is 5.91 Å². The van der Waals surface area contributed by atoms with Crippen LogP contribution in [0.3, 0.4) is 0 Å². The van der Waals surface area contributed by atoms with Crippen LogP contribution in [-0.4, -0.2) is 37.7 Å². The molecular weight excluding hydrogens is 180 g/mol. The zero-order valence-electron chi connectivity index (χ0n) is 8.58. The van der Waals surface area contributed by atoms with Crippen LogP contribution in [0.5, 0.6) is 0 Å². The van der Waals surface area contributed by atoms with Gasteiger partial charge in [-0.05, 0) is 18.8 Å². The predicted molar refractivity (Wildman–Crippen MR) is 52.9 cm³/mol. The van der Waals surface area contributed by atoms with Crippen molar-refractivity contribution >= 4 is 5.91 Å². The SMILES string of the molecule is CC1CC(NC(=O)[C@H]2COCCN2)C1. The highest BCUT2D eigenvalue weighted by atomic mass is 16.5. The molecule has 1 aliphatic carbocycles. The molecule has 1 saturated heterocycles. The third-order valence-electron chi connectivity index (χ3n) is 2.96. The van der Waals surface area contributed by atoms with Crippen LogP contribution in [0.15, 0.2) is 0 Å². The minimum absolute atomic E-state index is 0.0987. The molecule has 0 spiro atoms. The second kappa shape index (κ2) is 4.28. The molecule has 0 aromatic heterocycles. The van der Waals surface area contributed by atoms with E-state index in [1.807, 2.05) is 0 Å². The molecule has 1 saturated carbocycles. The summed E-state index contributed by atoms with van der Waals surface area (Å²) in [6.07, 6.45) is 2.25. The van der Waals surface area contributed by atoms with E-state index in [-0.39, 0.29) is 11.9 Å². The molecule has 1 aliphatic heterocycles. The van der Waals surface area contributed by atoms with Gasteiger partial charge in [0.15, 0.2) is 0 Å². The maximum absolute atomic E-state index is 11.7. The zero-order valence-corrected chi connectivity index (χ0v) is 8.58. The molecule has 2 aliphatic rings. The van der Waals surface area contributed by atoms with E-state index >= 15 is 0 Å². The minimum Gasteiger partial charge on any atom is -0.378 e. The summed E-state index contributed by atoms with van der Waals surface area (Å²) in [5.41, 5.74) is 0. The van der Waals surface area contributed by atoms with Crippen LogP contribution in [0.25, 0.3) is 0 Å². The number of ether oxygens (including phenoxy) is 1. The van der Waals surface area contributed by atoms with Gasteiger partial charge in [0.05, 0.1) is 13.2 Å². The molecule has 4 nitrogen and oxygen atoms in total. The van der Waals surface area contributed by atoms with Crippen molar-refractivity contribution in [3.05, 3.63) is 0 Å². The standard InChI is InChI=1S/C10H18N2O2/c1-7-4-8(5-7)12-10(13)9-6-14-3-2-11-9/h7-9,11H,2-6H2,1H3,(H,12,13)/t7?,8?,9-/m1/s1. The van der Waals surface area contributed by atoms with Crippen molar-refractivity contribution < 1.29 is 9.53 Å². The van der Waals surface area contributed by atoms with E-state index in [1.54, 1.807) is 0 Å². The van der Waals surface area contributed by atoms with E-state index in [0.717, 1.165) is 25.3 Å². The monoisotopic (exact) mass is 198 g/mol. The van der Waals surface area contributed by atoms with Gasteiger partial charge >= 0.3 is 0 Å². The number of rotatable bonds is 2. The molecule has 1 heterocycles. The summed E-state index contributed by atoms with van der Waals surface area (Å²) in [5.74, 6) is 0.873. The Bertz CT molecular complexity index is 208. The fourth-order valence-corrected chi connectivity index (χ4v) is 2.06. The summed E-state index contributed by atoms with van der Waals surface area (Å²) in [5, 5.41) is 6.18. The first-order valence-electron chi connectivity index (χ1n) is 5.37. The Morgan fingerprint density at radius 1 is 1.50 bits per heavy atom. The maximum Gasteiger partial charge on any atom is 0.239 e. The Labute approximate surface area is 84.4 Å². The molecule has 1 atom stereocenters. The molecule has 0 aromatic rings. The molecule has 2 N–H and O–H groups in total. The van der Waals surface area contributed by atoms with Gasteiger partial charge in [0.25, 0.3) is 0 Å². The summed E-state index contributed by atoms with van der Waals surface area (Å²) in [6, 6.07) is 0.265. The smallest absolute Gasteiger partial charge is 0.239 e. The predicted octanol–water partition coefficient (Wildman–Crippen LogP) is -0.110. The van der Waals surface area contributed by atoms with Crippen molar-refractivity contribution in [1.82, 2.24) is 10.6 Å². The normalized spacial score (nSPS) is 37.4. The van der Waals surface area contributed by atoms with Crippen molar-refractivity contribution in [3.63, 3.8) is 0 Å².